The van der Waals surface area contributed by atoms with Crippen molar-refractivity contribution in [2.75, 3.05) is 37.9 Å². The fourth-order valence-corrected chi connectivity index (χ4v) is 1.83. The molecule has 1 amide bonds. The summed E-state index contributed by atoms with van der Waals surface area (Å²) in [5.74, 6) is 0.648. The molecule has 0 heterocycles. The van der Waals surface area contributed by atoms with Gasteiger partial charge in [-0.15, -0.1) is 0 Å². The van der Waals surface area contributed by atoms with Gasteiger partial charge in [0.15, 0.2) is 0 Å². The molecule has 5 heteroatoms. The summed E-state index contributed by atoms with van der Waals surface area (Å²) in [6, 6.07) is 5.21. The summed E-state index contributed by atoms with van der Waals surface area (Å²) < 4.78 is 5.54. The molecule has 4 N–H and O–H groups in total. The fourth-order valence-electron chi connectivity index (χ4n) is 1.83. The van der Waals surface area contributed by atoms with Gasteiger partial charge in [0.1, 0.15) is 0 Å². The number of amides is 1. The van der Waals surface area contributed by atoms with E-state index in [0.29, 0.717) is 24.4 Å². The van der Waals surface area contributed by atoms with Crippen LogP contribution in [0.1, 0.15) is 23.2 Å². The number of hydrogen-bond donors (Lipinski definition) is 3. The highest BCUT2D eigenvalue weighted by atomic mass is 16.5. The highest BCUT2D eigenvalue weighted by Gasteiger charge is 2.20. The van der Waals surface area contributed by atoms with E-state index in [4.69, 9.17) is 10.5 Å². The summed E-state index contributed by atoms with van der Waals surface area (Å²) in [6.45, 7) is 2.15. The molecule has 1 aromatic rings. The molecular weight excluding hydrogens is 242 g/mol. The van der Waals surface area contributed by atoms with Crippen LogP contribution < -0.4 is 16.4 Å². The Morgan fingerprint density at radius 3 is 2.95 bits per heavy atom. The van der Waals surface area contributed by atoms with Crippen molar-refractivity contribution in [1.29, 1.82) is 0 Å². The molecule has 1 aliphatic carbocycles. The van der Waals surface area contributed by atoms with Gasteiger partial charge in [0.2, 0.25) is 0 Å². The van der Waals surface area contributed by atoms with Crippen LogP contribution in [-0.2, 0) is 4.74 Å². The maximum absolute atomic E-state index is 11.7. The van der Waals surface area contributed by atoms with E-state index < -0.39 is 0 Å². The third kappa shape index (κ3) is 4.13. The summed E-state index contributed by atoms with van der Waals surface area (Å²) in [5.41, 5.74) is 7.72. The van der Waals surface area contributed by atoms with Crippen molar-refractivity contribution in [2.45, 2.75) is 12.8 Å². The number of ether oxygens (including phenoxy) is 1. The van der Waals surface area contributed by atoms with Gasteiger partial charge in [-0.3, -0.25) is 4.79 Å². The maximum atomic E-state index is 11.7. The first-order valence-electron chi connectivity index (χ1n) is 6.64. The number of nitrogens with one attached hydrogen (secondary N) is 2. The molecule has 0 bridgehead atoms. The second-order valence-electron chi connectivity index (χ2n) is 4.83. The predicted octanol–water partition coefficient (Wildman–Crippen LogP) is 1.47. The van der Waals surface area contributed by atoms with Gasteiger partial charge in [-0.2, -0.15) is 0 Å². The van der Waals surface area contributed by atoms with Gasteiger partial charge in [-0.25, -0.2) is 0 Å². The summed E-state index contributed by atoms with van der Waals surface area (Å²) in [5, 5.41) is 5.81. The SMILES string of the molecule is CNC(=O)c1ccc(N)cc1NCCOCC1CC1. The van der Waals surface area contributed by atoms with E-state index in [-0.39, 0.29) is 5.91 Å². The second-order valence-corrected chi connectivity index (χ2v) is 4.83. The Balaban J connectivity index is 1.85. The maximum Gasteiger partial charge on any atom is 0.253 e. The summed E-state index contributed by atoms with van der Waals surface area (Å²) in [6.07, 6.45) is 2.59. The molecule has 1 saturated carbocycles. The molecule has 1 aliphatic rings. The summed E-state index contributed by atoms with van der Waals surface area (Å²) >= 11 is 0. The molecule has 1 fully saturated rings. The van der Waals surface area contributed by atoms with E-state index >= 15 is 0 Å². The number of benzene rings is 1. The second kappa shape index (κ2) is 6.43. The molecule has 0 spiro atoms. The van der Waals surface area contributed by atoms with Crippen LogP contribution in [0.4, 0.5) is 11.4 Å². The molecule has 0 saturated heterocycles. The Kier molecular flexibility index (Phi) is 4.63. The van der Waals surface area contributed by atoms with Gasteiger partial charge in [-0.1, -0.05) is 0 Å². The lowest BCUT2D eigenvalue weighted by Gasteiger charge is -2.12. The molecule has 2 rings (SSSR count). The van der Waals surface area contributed by atoms with Gasteiger partial charge in [0.25, 0.3) is 5.91 Å². The topological polar surface area (TPSA) is 76.4 Å². The first kappa shape index (κ1) is 13.7. The third-order valence-corrected chi connectivity index (χ3v) is 3.13. The van der Waals surface area contributed by atoms with Crippen molar-refractivity contribution in [3.8, 4) is 0 Å². The number of nitrogen functional groups attached to an aromatic ring is 1. The molecule has 1 aromatic carbocycles. The van der Waals surface area contributed by atoms with E-state index in [0.717, 1.165) is 18.2 Å². The minimum Gasteiger partial charge on any atom is -0.399 e. The predicted molar refractivity (Wildman–Crippen MR) is 76.3 cm³/mol. The molecule has 0 unspecified atom stereocenters. The Bertz CT molecular complexity index is 444. The van der Waals surface area contributed by atoms with E-state index in [9.17, 15) is 4.79 Å². The average Bonchev–Trinajstić information content (AvgIpc) is 3.22. The number of hydrogen-bond acceptors (Lipinski definition) is 4. The summed E-state index contributed by atoms with van der Waals surface area (Å²) in [7, 11) is 1.61. The van der Waals surface area contributed by atoms with Crippen LogP contribution in [0.5, 0.6) is 0 Å². The highest BCUT2D eigenvalue weighted by Crippen LogP contribution is 2.28. The lowest BCUT2D eigenvalue weighted by Crippen LogP contribution is -2.21. The fraction of sp³-hybridized carbons (Fsp3) is 0.500. The molecule has 5 nitrogen and oxygen atoms in total. The smallest absolute Gasteiger partial charge is 0.253 e. The number of carbonyl (C=O) groups is 1. The Hall–Kier alpha value is -1.75. The third-order valence-electron chi connectivity index (χ3n) is 3.13. The van der Waals surface area contributed by atoms with Crippen LogP contribution in [0.15, 0.2) is 18.2 Å². The zero-order chi connectivity index (χ0) is 13.7. The lowest BCUT2D eigenvalue weighted by molar-refractivity contribution is 0.0963. The zero-order valence-corrected chi connectivity index (χ0v) is 11.2. The molecule has 19 heavy (non-hydrogen) atoms. The first-order chi connectivity index (χ1) is 9.20. The largest absolute Gasteiger partial charge is 0.399 e. The van der Waals surface area contributed by atoms with Gasteiger partial charge >= 0.3 is 0 Å². The van der Waals surface area contributed by atoms with Crippen molar-refractivity contribution >= 4 is 17.3 Å². The molecule has 0 atom stereocenters. The zero-order valence-electron chi connectivity index (χ0n) is 11.2. The van der Waals surface area contributed by atoms with E-state index in [2.05, 4.69) is 10.6 Å². The van der Waals surface area contributed by atoms with Crippen molar-refractivity contribution in [3.63, 3.8) is 0 Å². The van der Waals surface area contributed by atoms with Crippen LogP contribution in [-0.4, -0.2) is 32.7 Å². The van der Waals surface area contributed by atoms with Crippen molar-refractivity contribution in [1.82, 2.24) is 5.32 Å². The minimum atomic E-state index is -0.124. The molecular formula is C14H21N3O2. The van der Waals surface area contributed by atoms with E-state index in [1.54, 1.807) is 25.2 Å². The molecule has 104 valence electrons. The summed E-state index contributed by atoms with van der Waals surface area (Å²) in [4.78, 5) is 11.7. The van der Waals surface area contributed by atoms with Crippen molar-refractivity contribution in [3.05, 3.63) is 23.8 Å². The van der Waals surface area contributed by atoms with E-state index in [1.165, 1.54) is 12.8 Å². The number of rotatable bonds is 7. The Labute approximate surface area is 113 Å². The molecule has 0 radical (unpaired) electrons. The lowest BCUT2D eigenvalue weighted by atomic mass is 10.1. The normalized spacial score (nSPS) is 14.2. The van der Waals surface area contributed by atoms with Gasteiger partial charge in [0.05, 0.1) is 12.2 Å². The monoisotopic (exact) mass is 263 g/mol. The van der Waals surface area contributed by atoms with Crippen LogP contribution in [0, 0.1) is 5.92 Å². The Morgan fingerprint density at radius 1 is 1.47 bits per heavy atom. The quantitative estimate of drug-likeness (QED) is 0.514. The van der Waals surface area contributed by atoms with E-state index in [1.807, 2.05) is 0 Å². The minimum absolute atomic E-state index is 0.124. The first-order valence-corrected chi connectivity index (χ1v) is 6.64. The number of carbonyl (C=O) groups excluding carboxylic acids is 1. The molecule has 0 aromatic heterocycles. The average molecular weight is 263 g/mol. The van der Waals surface area contributed by atoms with Crippen molar-refractivity contribution in [2.24, 2.45) is 5.92 Å². The van der Waals surface area contributed by atoms with Crippen LogP contribution in [0.2, 0.25) is 0 Å². The van der Waals surface area contributed by atoms with Gasteiger partial charge < -0.3 is 21.1 Å². The highest BCUT2D eigenvalue weighted by molar-refractivity contribution is 6.00. The van der Waals surface area contributed by atoms with Gasteiger partial charge in [0, 0.05) is 31.6 Å². The van der Waals surface area contributed by atoms with Crippen molar-refractivity contribution < 1.29 is 9.53 Å². The van der Waals surface area contributed by atoms with Crippen LogP contribution in [0.3, 0.4) is 0 Å². The number of nitrogens with two attached hydrogens (primary N) is 1. The van der Waals surface area contributed by atoms with Crippen LogP contribution >= 0.6 is 0 Å². The molecule has 0 aliphatic heterocycles. The standard InChI is InChI=1S/C14H21N3O2/c1-16-14(18)12-5-4-11(15)8-13(12)17-6-7-19-9-10-2-3-10/h4-5,8,10,17H,2-3,6-7,9,15H2,1H3,(H,16,18). The Morgan fingerprint density at radius 2 is 2.26 bits per heavy atom. The van der Waals surface area contributed by atoms with Crippen LogP contribution in [0.25, 0.3) is 0 Å². The number of anilines is 2. The van der Waals surface area contributed by atoms with Gasteiger partial charge in [-0.05, 0) is 37.0 Å².